The van der Waals surface area contributed by atoms with Crippen molar-refractivity contribution in [3.8, 4) is 0 Å². The first kappa shape index (κ1) is 18.9. The molecule has 2 amide bonds. The Morgan fingerprint density at radius 1 is 1.27 bits per heavy atom. The molecule has 1 heterocycles. The molecule has 0 unspecified atom stereocenters. The lowest BCUT2D eigenvalue weighted by molar-refractivity contribution is 0.0923. The van der Waals surface area contributed by atoms with Crippen molar-refractivity contribution < 1.29 is 9.59 Å². The van der Waals surface area contributed by atoms with Crippen LogP contribution in [0.5, 0.6) is 0 Å². The molecule has 2 N–H and O–H groups in total. The molecular formula is C19H23N3O2S2. The number of hydrogen-bond acceptors (Lipinski definition) is 5. The van der Waals surface area contributed by atoms with E-state index in [1.807, 2.05) is 19.1 Å². The second-order valence-corrected chi connectivity index (χ2v) is 8.99. The molecule has 138 valence electrons. The predicted octanol–water partition coefficient (Wildman–Crippen LogP) is 5.58. The van der Waals surface area contributed by atoms with Gasteiger partial charge in [-0.15, -0.1) is 11.8 Å². The summed E-state index contributed by atoms with van der Waals surface area (Å²) in [4.78, 5) is 29.4. The Hall–Kier alpha value is -1.86. The molecule has 0 aliphatic heterocycles. The van der Waals surface area contributed by atoms with Gasteiger partial charge in [0.15, 0.2) is 10.9 Å². The van der Waals surface area contributed by atoms with Crippen LogP contribution >= 0.6 is 23.1 Å². The third kappa shape index (κ3) is 4.65. The van der Waals surface area contributed by atoms with Gasteiger partial charge < -0.3 is 5.32 Å². The van der Waals surface area contributed by atoms with E-state index in [1.54, 1.807) is 24.0 Å². The molecule has 1 aromatic heterocycles. The Morgan fingerprint density at radius 3 is 2.77 bits per heavy atom. The van der Waals surface area contributed by atoms with Crippen LogP contribution in [-0.2, 0) is 0 Å². The zero-order valence-corrected chi connectivity index (χ0v) is 16.6. The summed E-state index contributed by atoms with van der Waals surface area (Å²) in [5, 5.41) is 6.12. The molecule has 2 aromatic rings. The van der Waals surface area contributed by atoms with E-state index in [1.165, 1.54) is 11.3 Å². The maximum absolute atomic E-state index is 12.9. The van der Waals surface area contributed by atoms with Crippen LogP contribution in [0.2, 0.25) is 0 Å². The van der Waals surface area contributed by atoms with Crippen molar-refractivity contribution in [3.05, 3.63) is 35.5 Å². The van der Waals surface area contributed by atoms with Crippen molar-refractivity contribution in [1.29, 1.82) is 0 Å². The number of rotatable bonds is 6. The van der Waals surface area contributed by atoms with Gasteiger partial charge >= 0.3 is 6.03 Å². The lowest BCUT2D eigenvalue weighted by Gasteiger charge is -2.14. The van der Waals surface area contributed by atoms with E-state index >= 15 is 0 Å². The number of amides is 2. The van der Waals surface area contributed by atoms with E-state index in [0.717, 1.165) is 41.2 Å². The van der Waals surface area contributed by atoms with Gasteiger partial charge in [0.2, 0.25) is 0 Å². The number of nitrogens with zero attached hydrogens (tertiary/aromatic N) is 1. The van der Waals surface area contributed by atoms with Crippen molar-refractivity contribution in [1.82, 2.24) is 4.98 Å². The number of aromatic nitrogens is 1. The molecule has 1 saturated carbocycles. The maximum Gasteiger partial charge on any atom is 0.325 e. The molecular weight excluding hydrogens is 366 g/mol. The smallest absolute Gasteiger partial charge is 0.307 e. The summed E-state index contributed by atoms with van der Waals surface area (Å²) in [7, 11) is 0. The van der Waals surface area contributed by atoms with Crippen LogP contribution in [0.1, 0.15) is 48.5 Å². The number of anilines is 2. The number of benzene rings is 1. The molecule has 1 fully saturated rings. The van der Waals surface area contributed by atoms with Crippen LogP contribution in [0.25, 0.3) is 0 Å². The first-order valence-corrected chi connectivity index (χ1v) is 10.7. The third-order valence-electron chi connectivity index (χ3n) is 4.41. The van der Waals surface area contributed by atoms with Crippen molar-refractivity contribution in [2.75, 3.05) is 16.4 Å². The second kappa shape index (κ2) is 8.68. The van der Waals surface area contributed by atoms with Crippen molar-refractivity contribution in [3.63, 3.8) is 0 Å². The zero-order chi connectivity index (χ0) is 18.5. The number of ketones is 1. The molecule has 26 heavy (non-hydrogen) atoms. The van der Waals surface area contributed by atoms with Crippen molar-refractivity contribution in [2.45, 2.75) is 43.7 Å². The molecule has 1 aromatic carbocycles. The minimum absolute atomic E-state index is 0.0769. The average molecular weight is 390 g/mol. The number of carbonyl (C=O) groups is 2. The third-order valence-corrected chi connectivity index (χ3v) is 6.40. The summed E-state index contributed by atoms with van der Waals surface area (Å²) < 4.78 is 1.07. The Bertz CT molecular complexity index is 798. The van der Waals surface area contributed by atoms with Crippen molar-refractivity contribution >= 4 is 45.7 Å². The number of hydrogen-bond donors (Lipinski definition) is 2. The Labute approximate surface area is 162 Å². The highest BCUT2D eigenvalue weighted by molar-refractivity contribution is 8.01. The molecule has 3 rings (SSSR count). The van der Waals surface area contributed by atoms with Gasteiger partial charge in [-0.25, -0.2) is 9.78 Å². The standard InChI is InChI=1S/C19H23N3O2S2/c1-3-25-16-11-20-19(26-16)22-18(24)21-15-9-8-12(2)10-14(15)17(23)13-6-4-5-7-13/h8-11,13H,3-7H2,1-2H3,(H2,20,21,22,24). The number of thioether (sulfide) groups is 1. The predicted molar refractivity (Wildman–Crippen MR) is 109 cm³/mol. The highest BCUT2D eigenvalue weighted by Crippen LogP contribution is 2.31. The number of urea groups is 1. The van der Waals surface area contributed by atoms with Gasteiger partial charge in [0.1, 0.15) is 0 Å². The normalized spacial score (nSPS) is 14.4. The average Bonchev–Trinajstić information content (AvgIpc) is 3.28. The van der Waals surface area contributed by atoms with Gasteiger partial charge in [0.05, 0.1) is 16.1 Å². The number of aryl methyl sites for hydroxylation is 1. The Morgan fingerprint density at radius 2 is 2.04 bits per heavy atom. The van der Waals surface area contributed by atoms with Crippen LogP contribution in [0.15, 0.2) is 28.6 Å². The minimum Gasteiger partial charge on any atom is -0.307 e. The highest BCUT2D eigenvalue weighted by atomic mass is 32.2. The lowest BCUT2D eigenvalue weighted by atomic mass is 9.94. The summed E-state index contributed by atoms with van der Waals surface area (Å²) in [5.41, 5.74) is 2.18. The van der Waals surface area contributed by atoms with Gasteiger partial charge in [0.25, 0.3) is 0 Å². The van der Waals surface area contributed by atoms with E-state index in [9.17, 15) is 9.59 Å². The van der Waals surface area contributed by atoms with E-state index in [-0.39, 0.29) is 17.7 Å². The lowest BCUT2D eigenvalue weighted by Crippen LogP contribution is -2.22. The number of thiazole rings is 1. The minimum atomic E-state index is -0.378. The van der Waals surface area contributed by atoms with Crippen molar-refractivity contribution in [2.24, 2.45) is 5.92 Å². The number of carbonyl (C=O) groups excluding carboxylic acids is 2. The quantitative estimate of drug-likeness (QED) is 0.500. The zero-order valence-electron chi connectivity index (χ0n) is 15.0. The van der Waals surface area contributed by atoms with Gasteiger partial charge in [-0.2, -0.15) is 0 Å². The van der Waals surface area contributed by atoms with E-state index in [4.69, 9.17) is 0 Å². The molecule has 0 bridgehead atoms. The number of Topliss-reactive ketones (excluding diaryl/α,β-unsaturated/α-hetero) is 1. The topological polar surface area (TPSA) is 71.1 Å². The Balaban J connectivity index is 1.71. The first-order chi connectivity index (χ1) is 12.6. The van der Waals surface area contributed by atoms with E-state index < -0.39 is 0 Å². The molecule has 7 heteroatoms. The van der Waals surface area contributed by atoms with Crippen LogP contribution < -0.4 is 10.6 Å². The largest absolute Gasteiger partial charge is 0.325 e. The van der Waals surface area contributed by atoms with Crippen LogP contribution in [-0.4, -0.2) is 22.6 Å². The number of nitrogens with one attached hydrogen (secondary N) is 2. The molecule has 1 aliphatic rings. The highest BCUT2D eigenvalue weighted by Gasteiger charge is 2.26. The monoisotopic (exact) mass is 389 g/mol. The molecule has 0 atom stereocenters. The summed E-state index contributed by atoms with van der Waals surface area (Å²) >= 11 is 3.13. The second-order valence-electron chi connectivity index (χ2n) is 6.39. The van der Waals surface area contributed by atoms with E-state index in [0.29, 0.717) is 16.4 Å². The molecule has 0 saturated heterocycles. The molecule has 0 radical (unpaired) electrons. The molecule has 5 nitrogen and oxygen atoms in total. The fraction of sp³-hybridized carbons (Fsp3) is 0.421. The maximum atomic E-state index is 12.9. The summed E-state index contributed by atoms with van der Waals surface area (Å²) in [5.74, 6) is 1.18. The van der Waals surface area contributed by atoms with Crippen LogP contribution in [0.3, 0.4) is 0 Å². The molecule has 0 spiro atoms. The fourth-order valence-corrected chi connectivity index (χ4v) is 4.94. The summed E-state index contributed by atoms with van der Waals surface area (Å²) in [6.45, 7) is 4.03. The SMILES string of the molecule is CCSc1cnc(NC(=O)Nc2ccc(C)cc2C(=O)C2CCCC2)s1. The molecule has 1 aliphatic carbocycles. The van der Waals surface area contributed by atoms with Crippen LogP contribution in [0.4, 0.5) is 15.6 Å². The van der Waals surface area contributed by atoms with Gasteiger partial charge in [-0.05, 0) is 37.7 Å². The Kier molecular flexibility index (Phi) is 6.32. The van der Waals surface area contributed by atoms with E-state index in [2.05, 4.69) is 22.5 Å². The summed E-state index contributed by atoms with van der Waals surface area (Å²) in [6, 6.07) is 5.20. The van der Waals surface area contributed by atoms with Gasteiger partial charge in [-0.3, -0.25) is 10.1 Å². The van der Waals surface area contributed by atoms with Gasteiger partial charge in [-0.1, -0.05) is 42.7 Å². The fourth-order valence-electron chi connectivity index (χ4n) is 3.16. The van der Waals surface area contributed by atoms with Gasteiger partial charge in [0, 0.05) is 11.5 Å². The first-order valence-electron chi connectivity index (χ1n) is 8.88. The summed E-state index contributed by atoms with van der Waals surface area (Å²) in [6.07, 6.45) is 5.85. The van der Waals surface area contributed by atoms with Crippen LogP contribution in [0, 0.1) is 12.8 Å².